The number of benzene rings is 2. The first-order chi connectivity index (χ1) is 24.3. The molecular formula is C40H50N6O5S. The minimum Gasteiger partial charge on any atom is -0.453 e. The van der Waals surface area contributed by atoms with Crippen LogP contribution >= 0.6 is 13.5 Å². The second-order valence-electron chi connectivity index (χ2n) is 14.8. The second kappa shape index (κ2) is 16.0. The van der Waals surface area contributed by atoms with Gasteiger partial charge >= 0.3 is 6.09 Å². The largest absolute Gasteiger partial charge is 0.453 e. The van der Waals surface area contributed by atoms with Crippen LogP contribution in [0.15, 0.2) is 53.7 Å². The third kappa shape index (κ3) is 8.21. The van der Waals surface area contributed by atoms with E-state index in [0.29, 0.717) is 24.7 Å². The molecule has 4 atom stereocenters. The lowest BCUT2D eigenvalue weighted by Crippen LogP contribution is -2.58. The van der Waals surface area contributed by atoms with Crippen molar-refractivity contribution in [3.63, 3.8) is 0 Å². The summed E-state index contributed by atoms with van der Waals surface area (Å²) in [6, 6.07) is 12.6. The number of amides is 3. The van der Waals surface area contributed by atoms with Gasteiger partial charge in [-0.05, 0) is 86.9 Å². The van der Waals surface area contributed by atoms with Gasteiger partial charge in [0, 0.05) is 48.5 Å². The number of aliphatic imine (C=N–C) groups is 1. The average molecular weight is 727 g/mol. The van der Waals surface area contributed by atoms with Crippen molar-refractivity contribution in [1.29, 1.82) is 0 Å². The van der Waals surface area contributed by atoms with Crippen LogP contribution in [0.5, 0.6) is 0 Å². The molecule has 3 N–H and O–H groups in total. The van der Waals surface area contributed by atoms with Crippen LogP contribution in [0.1, 0.15) is 95.3 Å². The topological polar surface area (TPSA) is 140 Å². The van der Waals surface area contributed by atoms with Crippen LogP contribution in [0.25, 0.3) is 16.6 Å². The fraction of sp³-hybridized carbons (Fsp3) is 0.475. The molecule has 1 aromatic heterocycles. The van der Waals surface area contributed by atoms with Crippen LogP contribution in [0, 0.1) is 23.7 Å². The van der Waals surface area contributed by atoms with E-state index in [0.717, 1.165) is 71.2 Å². The van der Waals surface area contributed by atoms with Gasteiger partial charge in [-0.15, -0.1) is 0 Å². The maximum Gasteiger partial charge on any atom is 0.407 e. The summed E-state index contributed by atoms with van der Waals surface area (Å²) in [5.74, 6) is 7.34. The van der Waals surface area contributed by atoms with Gasteiger partial charge in [-0.3, -0.25) is 14.6 Å². The molecule has 2 fully saturated rings. The number of carbonyl (C=O) groups is 3. The van der Waals surface area contributed by atoms with Gasteiger partial charge in [-0.25, -0.2) is 9.78 Å². The summed E-state index contributed by atoms with van der Waals surface area (Å²) in [5, 5.41) is 13.2. The van der Waals surface area contributed by atoms with Crippen LogP contribution in [0.2, 0.25) is 0 Å². The standard InChI is InChI=1S/C40H48N6O5.H2S/c1-24(2)25(3)37(47)45-19-7-9-33(45)32-22-29(23-41-32)28-16-13-26(14-17-28)11-12-27-15-18-30-31(21-27)43-36(42-30)34-10-8-20-46(34)38(48)35(40(4,5)50)44-39(49)51-6;/h13-18,21,23-25,33-35,50H,7-10,19-20,22H2,1-6H3,(H,42,43)(H,44,49);1H2/t25-,33-,34-,35+;/m0./s1. The number of likely N-dealkylation sites (tertiary alicyclic amines) is 2. The van der Waals surface area contributed by atoms with Crippen molar-refractivity contribution in [1.82, 2.24) is 25.1 Å². The molecule has 0 aliphatic carbocycles. The number of fused-ring (bicyclic) bond motifs is 1. The van der Waals surface area contributed by atoms with Gasteiger partial charge in [0.25, 0.3) is 0 Å². The predicted octanol–water partition coefficient (Wildman–Crippen LogP) is 5.70. The van der Waals surface area contributed by atoms with Crippen molar-refractivity contribution in [2.75, 3.05) is 20.2 Å². The van der Waals surface area contributed by atoms with E-state index in [9.17, 15) is 19.5 Å². The number of hydrogen-bond donors (Lipinski definition) is 3. The number of imidazole rings is 1. The first kappa shape index (κ1) is 38.6. The zero-order valence-corrected chi connectivity index (χ0v) is 31.8. The van der Waals surface area contributed by atoms with Crippen molar-refractivity contribution < 1.29 is 24.2 Å². The number of aromatic nitrogens is 2. The minimum atomic E-state index is -1.50. The normalized spacial score (nSPS) is 19.8. The van der Waals surface area contributed by atoms with E-state index in [-0.39, 0.29) is 37.4 Å². The van der Waals surface area contributed by atoms with Gasteiger partial charge in [0.1, 0.15) is 11.9 Å². The van der Waals surface area contributed by atoms with Crippen LogP contribution in [-0.2, 0) is 14.3 Å². The molecule has 2 aromatic carbocycles. The van der Waals surface area contributed by atoms with E-state index in [1.165, 1.54) is 21.0 Å². The Bertz CT molecular complexity index is 1930. The van der Waals surface area contributed by atoms with Crippen LogP contribution in [-0.4, -0.2) is 86.4 Å². The predicted molar refractivity (Wildman–Crippen MR) is 207 cm³/mol. The lowest BCUT2D eigenvalue weighted by atomic mass is 9.94. The highest BCUT2D eigenvalue weighted by Gasteiger charge is 2.42. The quantitative estimate of drug-likeness (QED) is 0.255. The summed E-state index contributed by atoms with van der Waals surface area (Å²) < 4.78 is 4.69. The Kier molecular flexibility index (Phi) is 11.9. The maximum absolute atomic E-state index is 13.6. The number of hydrogen-bond acceptors (Lipinski definition) is 7. The van der Waals surface area contributed by atoms with Gasteiger partial charge in [-0.1, -0.05) is 44.7 Å². The molecule has 0 bridgehead atoms. The molecule has 0 spiro atoms. The molecule has 2 saturated heterocycles. The summed E-state index contributed by atoms with van der Waals surface area (Å²) in [4.78, 5) is 55.3. The smallest absolute Gasteiger partial charge is 0.407 e. The van der Waals surface area contributed by atoms with Crippen LogP contribution in [0.4, 0.5) is 4.79 Å². The molecule has 11 nitrogen and oxygen atoms in total. The zero-order valence-electron chi connectivity index (χ0n) is 30.8. The Morgan fingerprint density at radius 2 is 1.60 bits per heavy atom. The molecule has 12 heteroatoms. The van der Waals surface area contributed by atoms with Crippen molar-refractivity contribution in [3.8, 4) is 11.8 Å². The lowest BCUT2D eigenvalue weighted by molar-refractivity contribution is -0.140. The Hall–Kier alpha value is -4.60. The minimum absolute atomic E-state index is 0. The highest BCUT2D eigenvalue weighted by Crippen LogP contribution is 2.34. The van der Waals surface area contributed by atoms with Crippen molar-refractivity contribution >= 4 is 53.7 Å². The van der Waals surface area contributed by atoms with Gasteiger partial charge in [-0.2, -0.15) is 13.5 Å². The monoisotopic (exact) mass is 726 g/mol. The maximum atomic E-state index is 13.6. The molecular weight excluding hydrogens is 677 g/mol. The van der Waals surface area contributed by atoms with Crippen molar-refractivity contribution in [2.24, 2.45) is 16.8 Å². The molecule has 52 heavy (non-hydrogen) atoms. The number of alkyl carbamates (subject to hydrolysis) is 1. The van der Waals surface area contributed by atoms with Gasteiger partial charge in [0.05, 0.1) is 35.8 Å². The number of methoxy groups -OCH3 is 1. The summed E-state index contributed by atoms with van der Waals surface area (Å²) in [6.45, 7) is 10.5. The number of H-pyrrole nitrogens is 1. The van der Waals surface area contributed by atoms with E-state index in [4.69, 9.17) is 9.98 Å². The number of aromatic amines is 1. The van der Waals surface area contributed by atoms with E-state index in [1.807, 2.05) is 48.4 Å². The number of nitrogens with one attached hydrogen (secondary N) is 2. The SMILES string of the molecule is COC(=O)N[C@H](C(=O)N1CCC[C@H]1c1nc2ccc(C#Cc3ccc(C4=CN=C([C@@H]5CCCN5C(=O)[C@@H](C)C(C)C)C4)cc3)cc2[nH]1)C(C)(C)O.S. The fourth-order valence-electron chi connectivity index (χ4n) is 7.13. The summed E-state index contributed by atoms with van der Waals surface area (Å²) in [5.41, 5.74) is 5.11. The van der Waals surface area contributed by atoms with Crippen molar-refractivity contribution in [2.45, 2.75) is 90.4 Å². The number of ether oxygens (including phenoxy) is 1. The van der Waals surface area contributed by atoms with Crippen LogP contribution < -0.4 is 5.32 Å². The molecule has 276 valence electrons. The number of rotatable bonds is 8. The Balaban J connectivity index is 0.00000523. The van der Waals surface area contributed by atoms with Gasteiger partial charge in [0.2, 0.25) is 11.8 Å². The van der Waals surface area contributed by atoms with Crippen molar-refractivity contribution in [3.05, 3.63) is 71.2 Å². The molecule has 3 amide bonds. The molecule has 6 rings (SSSR count). The number of carbonyl (C=O) groups excluding carboxylic acids is 3. The third-order valence-corrected chi connectivity index (χ3v) is 10.4. The van der Waals surface area contributed by atoms with E-state index in [2.05, 4.69) is 52.9 Å². The van der Waals surface area contributed by atoms with Gasteiger partial charge in [0.15, 0.2) is 0 Å². The van der Waals surface area contributed by atoms with Gasteiger partial charge < -0.3 is 29.9 Å². The molecule has 3 aliphatic rings. The summed E-state index contributed by atoms with van der Waals surface area (Å²) in [7, 11) is 1.22. The number of nitrogens with zero attached hydrogens (tertiary/aromatic N) is 4. The zero-order chi connectivity index (χ0) is 36.4. The Morgan fingerprint density at radius 1 is 0.962 bits per heavy atom. The van der Waals surface area contributed by atoms with E-state index < -0.39 is 23.6 Å². The van der Waals surface area contributed by atoms with E-state index >= 15 is 0 Å². The highest BCUT2D eigenvalue weighted by atomic mass is 32.1. The average Bonchev–Trinajstić information content (AvgIpc) is 3.94. The molecule has 3 aromatic rings. The third-order valence-electron chi connectivity index (χ3n) is 10.4. The summed E-state index contributed by atoms with van der Waals surface area (Å²) in [6.07, 6.45) is 5.36. The molecule has 4 heterocycles. The molecule has 0 unspecified atom stereocenters. The van der Waals surface area contributed by atoms with E-state index in [1.54, 1.807) is 4.90 Å². The fourth-order valence-corrected chi connectivity index (χ4v) is 7.13. The number of allylic oxidation sites excluding steroid dienone is 1. The second-order valence-corrected chi connectivity index (χ2v) is 14.8. The first-order valence-corrected chi connectivity index (χ1v) is 17.9. The Labute approximate surface area is 312 Å². The lowest BCUT2D eigenvalue weighted by Gasteiger charge is -2.34. The molecule has 0 radical (unpaired) electrons. The Morgan fingerprint density at radius 3 is 2.25 bits per heavy atom. The highest BCUT2D eigenvalue weighted by molar-refractivity contribution is 7.59. The number of aliphatic hydroxyl groups is 1. The van der Waals surface area contributed by atoms with Crippen LogP contribution in [0.3, 0.4) is 0 Å². The summed E-state index contributed by atoms with van der Waals surface area (Å²) >= 11 is 0. The first-order valence-electron chi connectivity index (χ1n) is 17.9. The molecule has 0 saturated carbocycles. The molecule has 3 aliphatic heterocycles.